The number of anilines is 1. The number of rotatable bonds is 8. The zero-order chi connectivity index (χ0) is 22.1. The molecule has 0 saturated carbocycles. The molecule has 0 fully saturated rings. The van der Waals surface area contributed by atoms with Crippen LogP contribution in [0, 0.1) is 0 Å². The minimum absolute atomic E-state index is 0.0815. The number of fused-ring (bicyclic) bond motifs is 1. The van der Waals surface area contributed by atoms with Gasteiger partial charge in [0, 0.05) is 37.3 Å². The van der Waals surface area contributed by atoms with Crippen LogP contribution in [0.5, 0.6) is 0 Å². The second-order valence-corrected chi connectivity index (χ2v) is 6.98. The highest BCUT2D eigenvalue weighted by molar-refractivity contribution is 5.95. The number of hydrogen-bond acceptors (Lipinski definition) is 3. The highest BCUT2D eigenvalue weighted by Crippen LogP contribution is 2.18. The van der Waals surface area contributed by atoms with Crippen LogP contribution in [-0.4, -0.2) is 30.9 Å². The Morgan fingerprint density at radius 3 is 2.26 bits per heavy atom. The Morgan fingerprint density at radius 2 is 1.48 bits per heavy atom. The molecule has 0 aliphatic rings. The van der Waals surface area contributed by atoms with Crippen LogP contribution < -0.4 is 21.3 Å². The number of nitrogens with one attached hydrogen (secondary N) is 4. The molecule has 3 aromatic rings. The number of carbonyl (C=O) groups excluding carboxylic acids is 3. The summed E-state index contributed by atoms with van der Waals surface area (Å²) in [4.78, 5) is 35.6. The van der Waals surface area contributed by atoms with Gasteiger partial charge in [-0.1, -0.05) is 49.4 Å². The van der Waals surface area contributed by atoms with Gasteiger partial charge < -0.3 is 21.3 Å². The summed E-state index contributed by atoms with van der Waals surface area (Å²) in [5.74, 6) is -0.326. The Bertz CT molecular complexity index is 1060. The van der Waals surface area contributed by atoms with E-state index in [0.717, 1.165) is 16.3 Å². The van der Waals surface area contributed by atoms with Gasteiger partial charge in [0.1, 0.15) is 0 Å². The molecule has 0 aliphatic carbocycles. The van der Waals surface area contributed by atoms with Crippen molar-refractivity contribution >= 4 is 34.3 Å². The molecule has 7 nitrogen and oxygen atoms in total. The first-order valence-electron chi connectivity index (χ1n) is 10.2. The summed E-state index contributed by atoms with van der Waals surface area (Å²) in [5.41, 5.74) is 2.17. The molecule has 0 heterocycles. The molecule has 4 amide bonds. The van der Waals surface area contributed by atoms with Gasteiger partial charge in [0.25, 0.3) is 5.91 Å². The maximum Gasteiger partial charge on any atom is 0.315 e. The van der Waals surface area contributed by atoms with Crippen molar-refractivity contribution in [1.29, 1.82) is 0 Å². The zero-order valence-electron chi connectivity index (χ0n) is 17.4. The molecule has 31 heavy (non-hydrogen) atoms. The molecule has 0 spiro atoms. The number of benzene rings is 3. The van der Waals surface area contributed by atoms with Crippen molar-refractivity contribution in [2.75, 3.05) is 18.4 Å². The third kappa shape index (κ3) is 6.30. The first kappa shape index (κ1) is 21.8. The van der Waals surface area contributed by atoms with Gasteiger partial charge in [-0.05, 0) is 40.6 Å². The fourth-order valence-electron chi connectivity index (χ4n) is 3.09. The van der Waals surface area contributed by atoms with Crippen molar-refractivity contribution in [2.24, 2.45) is 0 Å². The van der Waals surface area contributed by atoms with Crippen molar-refractivity contribution in [1.82, 2.24) is 16.0 Å². The Morgan fingerprint density at radius 1 is 0.774 bits per heavy atom. The molecule has 4 N–H and O–H groups in total. The standard InChI is InChI=1S/C24H26N4O3/c1-2-22(29)28-20-12-10-18(11-13-20)23(30)25-14-15-26-24(31)27-16-19-8-5-7-17-6-3-4-9-21(17)19/h3-13H,2,14-16H2,1H3,(H,25,30)(H,28,29)(H2,26,27,31). The Labute approximate surface area is 181 Å². The van der Waals surface area contributed by atoms with Crippen LogP contribution in [-0.2, 0) is 11.3 Å². The topological polar surface area (TPSA) is 99.3 Å². The van der Waals surface area contributed by atoms with E-state index in [1.807, 2.05) is 42.5 Å². The fraction of sp³-hybridized carbons (Fsp3) is 0.208. The van der Waals surface area contributed by atoms with Crippen LogP contribution in [0.15, 0.2) is 66.7 Å². The number of urea groups is 1. The summed E-state index contributed by atoms with van der Waals surface area (Å²) >= 11 is 0. The van der Waals surface area contributed by atoms with E-state index in [-0.39, 0.29) is 17.8 Å². The summed E-state index contributed by atoms with van der Waals surface area (Å²) in [6.07, 6.45) is 0.394. The van der Waals surface area contributed by atoms with Gasteiger partial charge in [0.2, 0.25) is 5.91 Å². The predicted molar refractivity (Wildman–Crippen MR) is 122 cm³/mol. The molecule has 0 unspecified atom stereocenters. The zero-order valence-corrected chi connectivity index (χ0v) is 17.4. The first-order valence-corrected chi connectivity index (χ1v) is 10.2. The minimum Gasteiger partial charge on any atom is -0.350 e. The van der Waals surface area contributed by atoms with E-state index in [2.05, 4.69) is 21.3 Å². The van der Waals surface area contributed by atoms with Gasteiger partial charge in [-0.15, -0.1) is 0 Å². The average Bonchev–Trinajstić information content (AvgIpc) is 2.80. The van der Waals surface area contributed by atoms with Crippen LogP contribution in [0.2, 0.25) is 0 Å². The molecule has 0 aromatic heterocycles. The molecule has 3 rings (SSSR count). The molecule has 0 atom stereocenters. The SMILES string of the molecule is CCC(=O)Nc1ccc(C(=O)NCCNC(=O)NCc2cccc3ccccc23)cc1. The first-order chi connectivity index (χ1) is 15.1. The number of hydrogen-bond donors (Lipinski definition) is 4. The highest BCUT2D eigenvalue weighted by Gasteiger charge is 2.07. The molecular weight excluding hydrogens is 392 g/mol. The minimum atomic E-state index is -0.293. The van der Waals surface area contributed by atoms with Gasteiger partial charge >= 0.3 is 6.03 Å². The van der Waals surface area contributed by atoms with Gasteiger partial charge in [0.15, 0.2) is 0 Å². The van der Waals surface area contributed by atoms with Crippen molar-refractivity contribution in [3.8, 4) is 0 Å². The number of carbonyl (C=O) groups is 3. The Kier molecular flexibility index (Phi) is 7.59. The normalized spacial score (nSPS) is 10.4. The molecule has 7 heteroatoms. The van der Waals surface area contributed by atoms with Crippen LogP contribution in [0.25, 0.3) is 10.8 Å². The van der Waals surface area contributed by atoms with E-state index in [0.29, 0.717) is 37.3 Å². The third-order valence-corrected chi connectivity index (χ3v) is 4.77. The van der Waals surface area contributed by atoms with Crippen molar-refractivity contribution < 1.29 is 14.4 Å². The molecule has 0 bridgehead atoms. The van der Waals surface area contributed by atoms with E-state index < -0.39 is 0 Å². The third-order valence-electron chi connectivity index (χ3n) is 4.77. The highest BCUT2D eigenvalue weighted by atomic mass is 16.2. The lowest BCUT2D eigenvalue weighted by atomic mass is 10.0. The van der Waals surface area contributed by atoms with E-state index in [9.17, 15) is 14.4 Å². The van der Waals surface area contributed by atoms with E-state index in [4.69, 9.17) is 0 Å². The van der Waals surface area contributed by atoms with Crippen molar-refractivity contribution in [3.05, 3.63) is 77.9 Å². The Balaban J connectivity index is 1.38. The van der Waals surface area contributed by atoms with E-state index >= 15 is 0 Å². The summed E-state index contributed by atoms with van der Waals surface area (Å²) < 4.78 is 0. The molecule has 0 radical (unpaired) electrons. The van der Waals surface area contributed by atoms with Crippen molar-refractivity contribution in [3.63, 3.8) is 0 Å². The number of amides is 4. The second-order valence-electron chi connectivity index (χ2n) is 6.98. The quantitative estimate of drug-likeness (QED) is 0.422. The predicted octanol–water partition coefficient (Wildman–Crippen LogP) is 3.42. The molecule has 3 aromatic carbocycles. The van der Waals surface area contributed by atoms with E-state index in [1.165, 1.54) is 0 Å². The summed E-state index contributed by atoms with van der Waals surface area (Å²) in [7, 11) is 0. The van der Waals surface area contributed by atoms with Crippen LogP contribution in [0.4, 0.5) is 10.5 Å². The summed E-state index contributed by atoms with van der Waals surface area (Å²) in [6, 6.07) is 20.4. The monoisotopic (exact) mass is 418 g/mol. The van der Waals surface area contributed by atoms with E-state index in [1.54, 1.807) is 31.2 Å². The van der Waals surface area contributed by atoms with Crippen LogP contribution in [0.3, 0.4) is 0 Å². The van der Waals surface area contributed by atoms with Crippen LogP contribution in [0.1, 0.15) is 29.3 Å². The largest absolute Gasteiger partial charge is 0.350 e. The molecule has 160 valence electrons. The molecule has 0 aliphatic heterocycles. The molecular formula is C24H26N4O3. The second kappa shape index (κ2) is 10.8. The van der Waals surface area contributed by atoms with Gasteiger partial charge in [-0.2, -0.15) is 0 Å². The maximum absolute atomic E-state index is 12.2. The molecule has 0 saturated heterocycles. The average molecular weight is 418 g/mol. The Hall–Kier alpha value is -3.87. The lowest BCUT2D eigenvalue weighted by Gasteiger charge is -2.10. The lowest BCUT2D eigenvalue weighted by molar-refractivity contribution is -0.115. The van der Waals surface area contributed by atoms with Crippen LogP contribution >= 0.6 is 0 Å². The van der Waals surface area contributed by atoms with Crippen molar-refractivity contribution in [2.45, 2.75) is 19.9 Å². The summed E-state index contributed by atoms with van der Waals surface area (Å²) in [6.45, 7) is 2.79. The van der Waals surface area contributed by atoms with Gasteiger partial charge in [0.05, 0.1) is 0 Å². The van der Waals surface area contributed by atoms with Gasteiger partial charge in [-0.3, -0.25) is 9.59 Å². The maximum atomic E-state index is 12.2. The fourth-order valence-corrected chi connectivity index (χ4v) is 3.09. The lowest BCUT2D eigenvalue weighted by Crippen LogP contribution is -2.40. The smallest absolute Gasteiger partial charge is 0.315 e. The van der Waals surface area contributed by atoms with Gasteiger partial charge in [-0.25, -0.2) is 4.79 Å². The summed E-state index contributed by atoms with van der Waals surface area (Å²) in [5, 5.41) is 13.3.